The van der Waals surface area contributed by atoms with Gasteiger partial charge in [0.25, 0.3) is 5.92 Å². The third-order valence-electron chi connectivity index (χ3n) is 2.61. The third kappa shape index (κ3) is 3.65. The smallest absolute Gasteiger partial charge is 0.338 e. The fraction of sp³-hybridized carbons (Fsp3) is 0.357. The van der Waals surface area contributed by atoms with E-state index in [1.165, 1.54) is 19.1 Å². The molecule has 0 fully saturated rings. The largest absolute Gasteiger partial charge is 0.453 e. The normalized spacial score (nSPS) is 12.9. The van der Waals surface area contributed by atoms with E-state index in [9.17, 15) is 13.6 Å². The summed E-state index contributed by atoms with van der Waals surface area (Å²) in [7, 11) is 0. The molecule has 0 aliphatic heterocycles. The number of ether oxygens (including phenoxy) is 1. The van der Waals surface area contributed by atoms with Crippen LogP contribution in [0.15, 0.2) is 30.8 Å². The molecular weight excluding hydrogens is 238 g/mol. The molecule has 1 unspecified atom stereocenters. The molecule has 0 spiro atoms. The van der Waals surface area contributed by atoms with Gasteiger partial charge in [0.1, 0.15) is 0 Å². The third-order valence-corrected chi connectivity index (χ3v) is 2.61. The highest BCUT2D eigenvalue weighted by Crippen LogP contribution is 2.21. The molecule has 0 aliphatic rings. The lowest BCUT2D eigenvalue weighted by Crippen LogP contribution is -2.32. The van der Waals surface area contributed by atoms with Gasteiger partial charge in [0.05, 0.1) is 5.56 Å². The van der Waals surface area contributed by atoms with Gasteiger partial charge in [-0.05, 0) is 31.5 Å². The van der Waals surface area contributed by atoms with Gasteiger partial charge in [-0.15, -0.1) is 0 Å². The average molecular weight is 254 g/mol. The van der Waals surface area contributed by atoms with Gasteiger partial charge >= 0.3 is 5.97 Å². The van der Waals surface area contributed by atoms with Gasteiger partial charge in [0.2, 0.25) is 0 Å². The molecule has 1 rings (SSSR count). The molecule has 18 heavy (non-hydrogen) atoms. The van der Waals surface area contributed by atoms with Gasteiger partial charge < -0.3 is 4.74 Å². The summed E-state index contributed by atoms with van der Waals surface area (Å²) in [4.78, 5) is 11.6. The molecule has 0 radical (unpaired) electrons. The molecule has 0 amide bonds. The van der Waals surface area contributed by atoms with E-state index in [0.717, 1.165) is 18.1 Å². The second-order valence-corrected chi connectivity index (χ2v) is 4.36. The summed E-state index contributed by atoms with van der Waals surface area (Å²) in [6.45, 7) is 7.49. The Morgan fingerprint density at radius 3 is 2.11 bits per heavy atom. The van der Waals surface area contributed by atoms with Crippen molar-refractivity contribution in [3.05, 3.63) is 42.0 Å². The van der Waals surface area contributed by atoms with Crippen LogP contribution >= 0.6 is 0 Å². The van der Waals surface area contributed by atoms with Gasteiger partial charge in [0.15, 0.2) is 6.10 Å². The highest BCUT2D eigenvalue weighted by Gasteiger charge is 2.33. The molecule has 1 aromatic carbocycles. The van der Waals surface area contributed by atoms with Gasteiger partial charge in [-0.2, -0.15) is 0 Å². The number of carbonyl (C=O) groups is 1. The summed E-state index contributed by atoms with van der Waals surface area (Å²) >= 11 is 0. The number of hydrogen-bond acceptors (Lipinski definition) is 2. The molecule has 0 aliphatic carbocycles. The zero-order valence-electron chi connectivity index (χ0n) is 10.7. The van der Waals surface area contributed by atoms with Crippen molar-refractivity contribution in [3.63, 3.8) is 0 Å². The molecule has 0 saturated carbocycles. The van der Waals surface area contributed by atoms with Crippen LogP contribution in [0.3, 0.4) is 0 Å². The molecule has 2 nitrogen and oxygen atoms in total. The van der Waals surface area contributed by atoms with E-state index in [2.05, 4.69) is 11.3 Å². The first-order valence-electron chi connectivity index (χ1n) is 5.56. The van der Waals surface area contributed by atoms with Crippen molar-refractivity contribution >= 4 is 11.5 Å². The first-order chi connectivity index (χ1) is 8.21. The molecular formula is C14H16F2O2. The number of benzene rings is 1. The molecule has 0 saturated heterocycles. The lowest BCUT2D eigenvalue weighted by Gasteiger charge is -2.19. The Labute approximate surface area is 105 Å². The summed E-state index contributed by atoms with van der Waals surface area (Å²) < 4.78 is 30.4. The Bertz CT molecular complexity index is 444. The Balaban J connectivity index is 2.76. The van der Waals surface area contributed by atoms with Crippen LogP contribution in [0.2, 0.25) is 0 Å². The van der Waals surface area contributed by atoms with Gasteiger partial charge in [0, 0.05) is 6.92 Å². The van der Waals surface area contributed by atoms with E-state index in [4.69, 9.17) is 0 Å². The number of rotatable bonds is 4. The fourth-order valence-electron chi connectivity index (χ4n) is 1.22. The topological polar surface area (TPSA) is 26.3 Å². The van der Waals surface area contributed by atoms with Crippen molar-refractivity contribution in [1.82, 2.24) is 0 Å². The zero-order valence-corrected chi connectivity index (χ0v) is 10.7. The summed E-state index contributed by atoms with van der Waals surface area (Å²) in [5.74, 6) is -3.80. The number of hydrogen-bond donors (Lipinski definition) is 0. The van der Waals surface area contributed by atoms with Crippen LogP contribution in [-0.2, 0) is 4.74 Å². The molecule has 0 aromatic heterocycles. The monoisotopic (exact) mass is 254 g/mol. The standard InChI is InChI=1S/C14H16F2O2/c1-9(2)11-5-7-12(8-6-11)13(17)18-10(3)14(4,15)16/h5-8,10H,1H2,2-4H3. The van der Waals surface area contributed by atoms with Crippen molar-refractivity contribution in [2.45, 2.75) is 32.8 Å². The van der Waals surface area contributed by atoms with Crippen molar-refractivity contribution < 1.29 is 18.3 Å². The summed E-state index contributed by atoms with van der Waals surface area (Å²) in [6, 6.07) is 6.47. The van der Waals surface area contributed by atoms with Crippen molar-refractivity contribution in [3.8, 4) is 0 Å². The first-order valence-corrected chi connectivity index (χ1v) is 5.56. The highest BCUT2D eigenvalue weighted by molar-refractivity contribution is 5.90. The molecule has 98 valence electrons. The quantitative estimate of drug-likeness (QED) is 0.761. The molecule has 0 heterocycles. The number of carbonyl (C=O) groups excluding carboxylic acids is 1. The van der Waals surface area contributed by atoms with Crippen LogP contribution < -0.4 is 0 Å². The van der Waals surface area contributed by atoms with E-state index in [1.54, 1.807) is 12.1 Å². The van der Waals surface area contributed by atoms with Crippen molar-refractivity contribution in [1.29, 1.82) is 0 Å². The fourth-order valence-corrected chi connectivity index (χ4v) is 1.22. The minimum Gasteiger partial charge on any atom is -0.453 e. The zero-order chi connectivity index (χ0) is 13.9. The van der Waals surface area contributed by atoms with Crippen LogP contribution in [0.5, 0.6) is 0 Å². The van der Waals surface area contributed by atoms with E-state index in [1.807, 2.05) is 6.92 Å². The summed E-state index contributed by atoms with van der Waals surface area (Å²) in [5, 5.41) is 0. The first kappa shape index (κ1) is 14.4. The minimum atomic E-state index is -3.05. The number of allylic oxidation sites excluding steroid dienone is 1. The Morgan fingerprint density at radius 1 is 1.28 bits per heavy atom. The maximum Gasteiger partial charge on any atom is 0.338 e. The van der Waals surface area contributed by atoms with Crippen molar-refractivity contribution in [2.75, 3.05) is 0 Å². The SMILES string of the molecule is C=C(C)c1ccc(C(=O)OC(C)C(C)(F)F)cc1. The molecule has 0 N–H and O–H groups in total. The lowest BCUT2D eigenvalue weighted by atomic mass is 10.1. The maximum absolute atomic E-state index is 12.9. The molecule has 4 heteroatoms. The molecule has 0 bridgehead atoms. The Hall–Kier alpha value is -1.71. The van der Waals surface area contributed by atoms with Gasteiger partial charge in [-0.3, -0.25) is 0 Å². The van der Waals surface area contributed by atoms with E-state index in [-0.39, 0.29) is 5.56 Å². The number of alkyl halides is 2. The van der Waals surface area contributed by atoms with Crippen LogP contribution in [0.1, 0.15) is 36.7 Å². The second kappa shape index (κ2) is 5.29. The highest BCUT2D eigenvalue weighted by atomic mass is 19.3. The number of esters is 1. The Kier molecular flexibility index (Phi) is 4.22. The van der Waals surface area contributed by atoms with E-state index >= 15 is 0 Å². The molecule has 1 aromatic rings. The van der Waals surface area contributed by atoms with E-state index in [0.29, 0.717) is 0 Å². The van der Waals surface area contributed by atoms with Crippen LogP contribution in [0.4, 0.5) is 8.78 Å². The summed E-state index contributed by atoms with van der Waals surface area (Å²) in [6.07, 6.45) is -1.45. The predicted molar refractivity (Wildman–Crippen MR) is 66.6 cm³/mol. The number of halogens is 2. The van der Waals surface area contributed by atoms with Crippen molar-refractivity contribution in [2.24, 2.45) is 0 Å². The average Bonchev–Trinajstić information content (AvgIpc) is 2.27. The van der Waals surface area contributed by atoms with Crippen LogP contribution in [0, 0.1) is 0 Å². The van der Waals surface area contributed by atoms with E-state index < -0.39 is 18.0 Å². The predicted octanol–water partition coefficient (Wildman–Crippen LogP) is 3.92. The molecule has 1 atom stereocenters. The summed E-state index contributed by atoms with van der Waals surface area (Å²) in [5.41, 5.74) is 2.00. The van der Waals surface area contributed by atoms with Crippen LogP contribution in [-0.4, -0.2) is 18.0 Å². The minimum absolute atomic E-state index is 0.246. The maximum atomic E-state index is 12.9. The second-order valence-electron chi connectivity index (χ2n) is 4.36. The lowest BCUT2D eigenvalue weighted by molar-refractivity contribution is -0.0934. The van der Waals surface area contributed by atoms with Gasteiger partial charge in [-0.1, -0.05) is 24.3 Å². The van der Waals surface area contributed by atoms with Crippen LogP contribution in [0.25, 0.3) is 5.57 Å². The Morgan fingerprint density at radius 2 is 1.72 bits per heavy atom. The van der Waals surface area contributed by atoms with Gasteiger partial charge in [-0.25, -0.2) is 13.6 Å².